The van der Waals surface area contributed by atoms with E-state index in [0.29, 0.717) is 12.2 Å². The maximum absolute atomic E-state index is 12.5. The monoisotopic (exact) mass is 373 g/mol. The quantitative estimate of drug-likeness (QED) is 0.844. The molecule has 6 nitrogen and oxygen atoms in total. The topological polar surface area (TPSA) is 75.6 Å². The van der Waals surface area contributed by atoms with Crippen LogP contribution in [0.15, 0.2) is 12.3 Å². The summed E-state index contributed by atoms with van der Waals surface area (Å²) in [7, 11) is 0. The molecule has 1 aliphatic rings. The Kier molecular flexibility index (Phi) is 5.07. The molecule has 1 aliphatic heterocycles. The molecule has 25 heavy (non-hydrogen) atoms. The van der Waals surface area contributed by atoms with E-state index in [1.54, 1.807) is 11.8 Å². The number of rotatable bonds is 5. The number of halogens is 3. The van der Waals surface area contributed by atoms with Crippen molar-refractivity contribution >= 4 is 17.7 Å². The molecule has 0 bridgehead atoms. The molecule has 1 atom stereocenters. The fourth-order valence-electron chi connectivity index (χ4n) is 2.65. The third-order valence-corrected chi connectivity index (χ3v) is 4.94. The number of nitrogens with one attached hydrogen (secondary N) is 2. The molecule has 0 spiro atoms. The molecule has 1 amide bonds. The van der Waals surface area contributed by atoms with Gasteiger partial charge in [-0.3, -0.25) is 14.6 Å². The molecule has 1 unspecified atom stereocenters. The van der Waals surface area contributed by atoms with Crippen LogP contribution in [0.2, 0.25) is 0 Å². The van der Waals surface area contributed by atoms with Crippen LogP contribution in [0.3, 0.4) is 0 Å². The summed E-state index contributed by atoms with van der Waals surface area (Å²) in [5.74, 6) is 1.44. The normalized spacial score (nSPS) is 15.7. The Balaban J connectivity index is 1.54. The smallest absolute Gasteiger partial charge is 0.350 e. The molecule has 2 N–H and O–H groups in total. The molecule has 0 aromatic carbocycles. The van der Waals surface area contributed by atoms with Gasteiger partial charge in [-0.05, 0) is 24.2 Å². The molecule has 10 heteroatoms. The largest absolute Gasteiger partial charge is 0.435 e. The molecular weight excluding hydrogens is 355 g/mol. The molecule has 136 valence electrons. The average molecular weight is 373 g/mol. The lowest BCUT2D eigenvalue weighted by molar-refractivity contribution is -0.141. The lowest BCUT2D eigenvalue weighted by Gasteiger charge is -2.14. The molecule has 0 fully saturated rings. The van der Waals surface area contributed by atoms with E-state index in [1.807, 2.05) is 6.92 Å². The molecule has 0 saturated heterocycles. The van der Waals surface area contributed by atoms with Gasteiger partial charge in [0.15, 0.2) is 11.4 Å². The van der Waals surface area contributed by atoms with Crippen LogP contribution in [0, 0.1) is 5.92 Å². The van der Waals surface area contributed by atoms with Crippen molar-refractivity contribution in [2.75, 3.05) is 12.3 Å². The van der Waals surface area contributed by atoms with Gasteiger partial charge in [0.1, 0.15) is 0 Å². The van der Waals surface area contributed by atoms with Gasteiger partial charge >= 0.3 is 6.18 Å². The first-order chi connectivity index (χ1) is 11.8. The van der Waals surface area contributed by atoms with Crippen molar-refractivity contribution in [2.45, 2.75) is 31.8 Å². The SMILES string of the molecule is CC(CNC(=O)c1n[nH]c2c1CSCC2)Cn1ccc(C(F)(F)F)n1. The Hall–Kier alpha value is -1.97. The molecule has 0 radical (unpaired) electrons. The molecule has 2 aromatic rings. The first-order valence-corrected chi connectivity index (χ1v) is 9.02. The van der Waals surface area contributed by atoms with E-state index in [9.17, 15) is 18.0 Å². The van der Waals surface area contributed by atoms with E-state index < -0.39 is 11.9 Å². The zero-order chi connectivity index (χ0) is 18.0. The van der Waals surface area contributed by atoms with E-state index in [1.165, 1.54) is 10.9 Å². The maximum Gasteiger partial charge on any atom is 0.435 e. The Morgan fingerprint density at radius 1 is 1.52 bits per heavy atom. The lowest BCUT2D eigenvalue weighted by atomic mass is 10.1. The third-order valence-electron chi connectivity index (χ3n) is 3.95. The number of aromatic amines is 1. The summed E-state index contributed by atoms with van der Waals surface area (Å²) in [4.78, 5) is 12.3. The fourth-order valence-corrected chi connectivity index (χ4v) is 3.66. The number of carbonyl (C=O) groups excluding carboxylic acids is 1. The zero-order valence-electron chi connectivity index (χ0n) is 13.6. The van der Waals surface area contributed by atoms with Gasteiger partial charge in [-0.25, -0.2) is 0 Å². The van der Waals surface area contributed by atoms with Gasteiger partial charge in [0.05, 0.1) is 0 Å². The van der Waals surface area contributed by atoms with Gasteiger partial charge < -0.3 is 5.32 Å². The first kappa shape index (κ1) is 17.8. The molecule has 0 saturated carbocycles. The number of thioether (sulfide) groups is 1. The summed E-state index contributed by atoms with van der Waals surface area (Å²) in [6, 6.07) is 0.943. The third kappa shape index (κ3) is 4.17. The van der Waals surface area contributed by atoms with Crippen LogP contribution >= 0.6 is 11.8 Å². The number of hydrogen-bond donors (Lipinski definition) is 2. The number of amides is 1. The van der Waals surface area contributed by atoms with Gasteiger partial charge in [-0.15, -0.1) is 0 Å². The predicted molar refractivity (Wildman–Crippen MR) is 87.2 cm³/mol. The van der Waals surface area contributed by atoms with E-state index in [4.69, 9.17) is 0 Å². The highest BCUT2D eigenvalue weighted by atomic mass is 32.2. The van der Waals surface area contributed by atoms with Gasteiger partial charge in [0, 0.05) is 36.3 Å². The average Bonchev–Trinajstić information content (AvgIpc) is 3.19. The fraction of sp³-hybridized carbons (Fsp3) is 0.533. The molecule has 0 aliphatic carbocycles. The number of aryl methyl sites for hydroxylation is 1. The molecule has 2 aromatic heterocycles. The summed E-state index contributed by atoms with van der Waals surface area (Å²) in [6.07, 6.45) is -2.28. The van der Waals surface area contributed by atoms with E-state index in [2.05, 4.69) is 20.6 Å². The maximum atomic E-state index is 12.5. The Morgan fingerprint density at radius 2 is 2.32 bits per heavy atom. The van der Waals surface area contributed by atoms with Crippen molar-refractivity contribution in [3.63, 3.8) is 0 Å². The van der Waals surface area contributed by atoms with Crippen molar-refractivity contribution in [3.8, 4) is 0 Å². The minimum atomic E-state index is -4.44. The van der Waals surface area contributed by atoms with Crippen LogP contribution in [-0.4, -0.2) is 38.2 Å². The van der Waals surface area contributed by atoms with Gasteiger partial charge in [-0.1, -0.05) is 6.92 Å². The predicted octanol–water partition coefficient (Wildman–Crippen LogP) is 2.48. The minimum Gasteiger partial charge on any atom is -0.350 e. The van der Waals surface area contributed by atoms with Crippen molar-refractivity contribution in [2.24, 2.45) is 5.92 Å². The highest BCUT2D eigenvalue weighted by Gasteiger charge is 2.33. The number of carbonyl (C=O) groups is 1. The molecule has 3 heterocycles. The van der Waals surface area contributed by atoms with Crippen LogP contribution in [0.5, 0.6) is 0 Å². The zero-order valence-corrected chi connectivity index (χ0v) is 14.4. The van der Waals surface area contributed by atoms with Crippen molar-refractivity contribution in [3.05, 3.63) is 34.9 Å². The molecular formula is C15H18F3N5OS. The second kappa shape index (κ2) is 7.11. The van der Waals surface area contributed by atoms with Crippen LogP contribution in [0.1, 0.15) is 34.4 Å². The van der Waals surface area contributed by atoms with Crippen molar-refractivity contribution in [1.82, 2.24) is 25.3 Å². The Morgan fingerprint density at radius 3 is 3.04 bits per heavy atom. The highest BCUT2D eigenvalue weighted by Crippen LogP contribution is 2.27. The number of aromatic nitrogens is 4. The van der Waals surface area contributed by atoms with Crippen LogP contribution in [-0.2, 0) is 24.9 Å². The highest BCUT2D eigenvalue weighted by molar-refractivity contribution is 7.98. The standard InChI is InChI=1S/C15H18F3N5OS/c1-9(7-23-4-2-12(22-23)15(16,17)18)6-19-14(24)13-10-8-25-5-3-11(10)20-21-13/h2,4,9H,3,5-8H2,1H3,(H,19,24)(H,20,21). The number of hydrogen-bond acceptors (Lipinski definition) is 4. The van der Waals surface area contributed by atoms with Crippen LogP contribution in [0.4, 0.5) is 13.2 Å². The summed E-state index contributed by atoms with van der Waals surface area (Å²) >= 11 is 1.76. The summed E-state index contributed by atoms with van der Waals surface area (Å²) < 4.78 is 38.9. The second-order valence-electron chi connectivity index (χ2n) is 6.07. The minimum absolute atomic E-state index is 0.0749. The number of H-pyrrole nitrogens is 1. The second-order valence-corrected chi connectivity index (χ2v) is 7.17. The van der Waals surface area contributed by atoms with E-state index >= 15 is 0 Å². The summed E-state index contributed by atoms with van der Waals surface area (Å²) in [5.41, 5.74) is 1.45. The van der Waals surface area contributed by atoms with Gasteiger partial charge in [0.25, 0.3) is 5.91 Å². The number of nitrogens with zero attached hydrogens (tertiary/aromatic N) is 3. The molecule has 3 rings (SSSR count). The lowest BCUT2D eigenvalue weighted by Crippen LogP contribution is -2.31. The summed E-state index contributed by atoms with van der Waals surface area (Å²) in [6.45, 7) is 2.45. The van der Waals surface area contributed by atoms with Crippen LogP contribution < -0.4 is 5.32 Å². The van der Waals surface area contributed by atoms with E-state index in [-0.39, 0.29) is 18.4 Å². The van der Waals surface area contributed by atoms with Crippen molar-refractivity contribution < 1.29 is 18.0 Å². The Labute approximate surface area is 146 Å². The number of fused-ring (bicyclic) bond motifs is 1. The van der Waals surface area contributed by atoms with E-state index in [0.717, 1.165) is 35.3 Å². The first-order valence-electron chi connectivity index (χ1n) is 7.87. The van der Waals surface area contributed by atoms with Crippen molar-refractivity contribution in [1.29, 1.82) is 0 Å². The van der Waals surface area contributed by atoms with Gasteiger partial charge in [0.2, 0.25) is 0 Å². The summed E-state index contributed by atoms with van der Waals surface area (Å²) in [5, 5.41) is 13.3. The number of alkyl halides is 3. The Bertz CT molecular complexity index is 755. The van der Waals surface area contributed by atoms with Gasteiger partial charge in [-0.2, -0.15) is 35.1 Å². The van der Waals surface area contributed by atoms with Crippen LogP contribution in [0.25, 0.3) is 0 Å².